The smallest absolute Gasteiger partial charge is 0.411 e. The summed E-state index contributed by atoms with van der Waals surface area (Å²) in [6, 6.07) is 3.87. The van der Waals surface area contributed by atoms with Crippen LogP contribution in [-0.4, -0.2) is 47.9 Å². The quantitative estimate of drug-likeness (QED) is 0.467. The summed E-state index contributed by atoms with van der Waals surface area (Å²) < 4.78 is 87.3. The molecule has 25 heavy (non-hydrogen) atoms. The second-order valence-electron chi connectivity index (χ2n) is 4.41. The number of ether oxygens (including phenoxy) is 2. The predicted molar refractivity (Wildman–Crippen MR) is 65.9 cm³/mol. The molecule has 0 amide bonds. The summed E-state index contributed by atoms with van der Waals surface area (Å²) in [6.45, 7) is 0. The number of halogens is 6. The van der Waals surface area contributed by atoms with Gasteiger partial charge in [0.2, 0.25) is 0 Å². The summed E-state index contributed by atoms with van der Waals surface area (Å²) in [5.74, 6) is -28.0. The molecular weight excluding hydrogens is 366 g/mol. The van der Waals surface area contributed by atoms with E-state index in [-0.39, 0.29) is 0 Å². The van der Waals surface area contributed by atoms with E-state index in [0.29, 0.717) is 0 Å². The van der Waals surface area contributed by atoms with Gasteiger partial charge in [0, 0.05) is 0 Å². The number of rotatable bonds is 6. The highest BCUT2D eigenvalue weighted by Crippen LogP contribution is 2.46. The molecule has 0 aliphatic carbocycles. The number of para-hydroxylation sites is 1. The molecule has 0 unspecified atom stereocenters. The molecule has 0 bridgehead atoms. The normalized spacial score (nSPS) is 12.4. The Morgan fingerprint density at radius 2 is 1.48 bits per heavy atom. The number of esters is 2. The first-order valence-corrected chi connectivity index (χ1v) is 6.07. The van der Waals surface area contributed by atoms with E-state index < -0.39 is 47.0 Å². The number of methoxy groups -OCH3 is 1. The molecule has 0 saturated heterocycles. The lowest BCUT2D eigenvalue weighted by atomic mass is 10.0. The molecule has 138 valence electrons. The lowest BCUT2D eigenvalue weighted by Gasteiger charge is -2.28. The van der Waals surface area contributed by atoms with Crippen LogP contribution in [0, 0.1) is 0 Å². The highest BCUT2D eigenvalue weighted by atomic mass is 19.3. The minimum absolute atomic E-state index is 0.637. The topological polar surface area (TPSA) is 89.9 Å². The fraction of sp³-hybridized carbons (Fsp3) is 0.308. The minimum atomic E-state index is -6.61. The van der Waals surface area contributed by atoms with E-state index in [9.17, 15) is 40.7 Å². The van der Waals surface area contributed by atoms with Gasteiger partial charge >= 0.3 is 35.7 Å². The molecular formula is C13H8F6O6. The molecule has 0 spiro atoms. The van der Waals surface area contributed by atoms with Crippen molar-refractivity contribution in [3.8, 4) is 5.75 Å². The first kappa shape index (κ1) is 20.3. The predicted octanol–water partition coefficient (Wildman–Crippen LogP) is 2.37. The summed E-state index contributed by atoms with van der Waals surface area (Å²) in [5, 5.41) is 7.98. The van der Waals surface area contributed by atoms with Crippen LogP contribution in [0.15, 0.2) is 24.3 Å². The maximum absolute atomic E-state index is 13.5. The second kappa shape index (κ2) is 6.61. The number of benzene rings is 1. The van der Waals surface area contributed by atoms with Gasteiger partial charge in [-0.2, -0.15) is 26.3 Å². The van der Waals surface area contributed by atoms with E-state index in [1.165, 1.54) is 6.07 Å². The van der Waals surface area contributed by atoms with E-state index in [1.807, 2.05) is 0 Å². The van der Waals surface area contributed by atoms with E-state index in [2.05, 4.69) is 9.47 Å². The molecule has 6 nitrogen and oxygen atoms in total. The van der Waals surface area contributed by atoms with Crippen LogP contribution in [0.3, 0.4) is 0 Å². The monoisotopic (exact) mass is 374 g/mol. The van der Waals surface area contributed by atoms with Gasteiger partial charge in [-0.1, -0.05) is 12.1 Å². The molecule has 12 heteroatoms. The number of alkyl halides is 6. The van der Waals surface area contributed by atoms with Gasteiger partial charge in [-0.25, -0.2) is 14.4 Å². The summed E-state index contributed by atoms with van der Waals surface area (Å²) in [4.78, 5) is 32.7. The number of aliphatic carboxylic acids is 1. The molecule has 0 aliphatic rings. The molecule has 1 rings (SSSR count). The summed E-state index contributed by atoms with van der Waals surface area (Å²) in [5.41, 5.74) is -0.637. The van der Waals surface area contributed by atoms with Crippen molar-refractivity contribution in [3.63, 3.8) is 0 Å². The molecule has 1 aromatic rings. The van der Waals surface area contributed by atoms with E-state index >= 15 is 0 Å². The summed E-state index contributed by atoms with van der Waals surface area (Å²) in [6.07, 6.45) is 0. The highest BCUT2D eigenvalue weighted by molar-refractivity contribution is 5.94. The third-order valence-corrected chi connectivity index (χ3v) is 2.81. The van der Waals surface area contributed by atoms with Gasteiger partial charge < -0.3 is 14.6 Å². The Bertz CT molecular complexity index is 702. The molecule has 0 aliphatic heterocycles. The Balaban J connectivity index is 3.24. The van der Waals surface area contributed by atoms with Crippen LogP contribution in [0.2, 0.25) is 0 Å². The Hall–Kier alpha value is -2.79. The lowest BCUT2D eigenvalue weighted by Crippen LogP contribution is -2.61. The van der Waals surface area contributed by atoms with Crippen LogP contribution < -0.4 is 4.74 Å². The molecule has 0 fully saturated rings. The highest BCUT2D eigenvalue weighted by Gasteiger charge is 2.79. The number of carbonyl (C=O) groups excluding carboxylic acids is 2. The zero-order chi connectivity index (χ0) is 19.6. The molecule has 0 heterocycles. The largest absolute Gasteiger partial charge is 0.477 e. The Morgan fingerprint density at radius 3 is 1.96 bits per heavy atom. The maximum atomic E-state index is 13.5. The van der Waals surface area contributed by atoms with Gasteiger partial charge in [0.15, 0.2) is 0 Å². The zero-order valence-corrected chi connectivity index (χ0v) is 12.1. The third kappa shape index (κ3) is 3.37. The van der Waals surface area contributed by atoms with E-state index in [1.54, 1.807) is 0 Å². The molecule has 0 radical (unpaired) electrons. The fourth-order valence-electron chi connectivity index (χ4n) is 1.46. The van der Waals surface area contributed by atoms with Crippen molar-refractivity contribution in [1.82, 2.24) is 0 Å². The second-order valence-corrected chi connectivity index (χ2v) is 4.41. The van der Waals surface area contributed by atoms with Crippen molar-refractivity contribution in [2.75, 3.05) is 7.11 Å². The van der Waals surface area contributed by atoms with Crippen LogP contribution in [0.1, 0.15) is 10.4 Å². The third-order valence-electron chi connectivity index (χ3n) is 2.81. The van der Waals surface area contributed by atoms with Crippen LogP contribution >= 0.6 is 0 Å². The van der Waals surface area contributed by atoms with Gasteiger partial charge in [-0.3, -0.25) is 0 Å². The molecule has 0 aromatic heterocycles. The number of carboxylic acid groups (broad SMARTS) is 1. The van der Waals surface area contributed by atoms with Crippen molar-refractivity contribution in [3.05, 3.63) is 29.8 Å². The Kier molecular flexibility index (Phi) is 5.35. The maximum Gasteiger partial charge on any atom is 0.411 e. The van der Waals surface area contributed by atoms with Gasteiger partial charge in [0.25, 0.3) is 0 Å². The molecule has 1 N–H and O–H groups in total. The first-order chi connectivity index (χ1) is 11.3. The van der Waals surface area contributed by atoms with Crippen LogP contribution in [0.25, 0.3) is 0 Å². The van der Waals surface area contributed by atoms with Crippen LogP contribution in [0.5, 0.6) is 5.75 Å². The number of carbonyl (C=O) groups is 3. The van der Waals surface area contributed by atoms with Gasteiger partial charge in [-0.05, 0) is 12.1 Å². The Morgan fingerprint density at radius 1 is 0.960 bits per heavy atom. The van der Waals surface area contributed by atoms with Crippen molar-refractivity contribution in [2.24, 2.45) is 0 Å². The van der Waals surface area contributed by atoms with E-state index in [0.717, 1.165) is 25.3 Å². The fourth-order valence-corrected chi connectivity index (χ4v) is 1.46. The molecule has 1 aromatic carbocycles. The van der Waals surface area contributed by atoms with Gasteiger partial charge in [0.1, 0.15) is 11.3 Å². The van der Waals surface area contributed by atoms with Crippen molar-refractivity contribution < 1.29 is 55.3 Å². The van der Waals surface area contributed by atoms with Crippen molar-refractivity contribution in [2.45, 2.75) is 17.8 Å². The number of hydrogen-bond donors (Lipinski definition) is 1. The lowest BCUT2D eigenvalue weighted by molar-refractivity contribution is -0.297. The van der Waals surface area contributed by atoms with Gasteiger partial charge in [0.05, 0.1) is 7.11 Å². The summed E-state index contributed by atoms with van der Waals surface area (Å²) in [7, 11) is 0.872. The average Bonchev–Trinajstić information content (AvgIpc) is 2.53. The van der Waals surface area contributed by atoms with Crippen LogP contribution in [-0.2, 0) is 14.3 Å². The molecule has 0 atom stereocenters. The van der Waals surface area contributed by atoms with E-state index in [4.69, 9.17) is 5.11 Å². The first-order valence-electron chi connectivity index (χ1n) is 6.07. The van der Waals surface area contributed by atoms with Crippen LogP contribution in [0.4, 0.5) is 26.3 Å². The average molecular weight is 374 g/mol. The number of hydrogen-bond acceptors (Lipinski definition) is 5. The minimum Gasteiger partial charge on any atom is -0.477 e. The van der Waals surface area contributed by atoms with Gasteiger partial charge in [-0.15, -0.1) is 0 Å². The molecule has 0 saturated carbocycles. The standard InChI is InChI=1S/C13H8F6O6/c1-24-8(20)6-4-2-3-5-7(6)25-10(23)12(16,17)13(18,19)11(14,15)9(21)22/h2-5H,1H3,(H,21,22). The zero-order valence-electron chi connectivity index (χ0n) is 12.1. The summed E-state index contributed by atoms with van der Waals surface area (Å²) >= 11 is 0. The number of carboxylic acids is 1. The SMILES string of the molecule is COC(=O)c1ccccc1OC(=O)C(F)(F)C(F)(F)C(F)(F)C(=O)O. The van der Waals surface area contributed by atoms with Crippen molar-refractivity contribution in [1.29, 1.82) is 0 Å². The Labute approximate surface area is 134 Å². The van der Waals surface area contributed by atoms with Crippen molar-refractivity contribution >= 4 is 17.9 Å².